The molecule has 0 saturated heterocycles. The summed E-state index contributed by atoms with van der Waals surface area (Å²) in [4.78, 5) is 11.2. The zero-order valence-electron chi connectivity index (χ0n) is 8.75. The van der Waals surface area contributed by atoms with Crippen LogP contribution in [0.1, 0.15) is 12.8 Å². The molecule has 1 fully saturated rings. The molecule has 0 radical (unpaired) electrons. The van der Waals surface area contributed by atoms with Crippen LogP contribution in [0, 0.1) is 0 Å². The van der Waals surface area contributed by atoms with Crippen molar-refractivity contribution in [1.82, 2.24) is 0 Å². The molecule has 0 atom stereocenters. The van der Waals surface area contributed by atoms with E-state index < -0.39 is 0 Å². The van der Waals surface area contributed by atoms with E-state index in [4.69, 9.17) is 10.5 Å². The third-order valence-corrected chi connectivity index (χ3v) is 2.72. The van der Waals surface area contributed by atoms with E-state index >= 15 is 0 Å². The van der Waals surface area contributed by atoms with Gasteiger partial charge in [0.1, 0.15) is 5.75 Å². The van der Waals surface area contributed by atoms with Crippen LogP contribution in [0.25, 0.3) is 0 Å². The number of amides is 1. The van der Waals surface area contributed by atoms with Crippen molar-refractivity contribution < 1.29 is 9.53 Å². The topological polar surface area (TPSA) is 76.4 Å². The maximum absolute atomic E-state index is 11.2. The second-order valence-corrected chi connectivity index (χ2v) is 4.19. The zero-order chi connectivity index (χ0) is 11.1. The Balaban J connectivity index is 1.94. The minimum atomic E-state index is -0.130. The average molecular weight is 219 g/mol. The molecule has 0 aromatic heterocycles. The number of nitrogen functional groups attached to an aromatic ring is 1. The van der Waals surface area contributed by atoms with E-state index in [0.29, 0.717) is 23.2 Å². The molecule has 1 saturated carbocycles. The van der Waals surface area contributed by atoms with Gasteiger partial charge in [0.2, 0.25) is 0 Å². The maximum Gasteiger partial charge on any atom is 0.262 e. The molecule has 4 N–H and O–H groups in total. The van der Waals surface area contributed by atoms with Gasteiger partial charge < -0.3 is 21.1 Å². The molecule has 1 heterocycles. The van der Waals surface area contributed by atoms with Crippen LogP contribution < -0.4 is 21.1 Å². The van der Waals surface area contributed by atoms with E-state index in [2.05, 4.69) is 10.6 Å². The molecule has 5 nitrogen and oxygen atoms in total. The van der Waals surface area contributed by atoms with E-state index in [1.807, 2.05) is 6.07 Å². The first-order chi connectivity index (χ1) is 7.72. The summed E-state index contributed by atoms with van der Waals surface area (Å²) in [5.41, 5.74) is 8.11. The van der Waals surface area contributed by atoms with Crippen LogP contribution in [0.4, 0.5) is 17.1 Å². The van der Waals surface area contributed by atoms with Crippen molar-refractivity contribution in [3.63, 3.8) is 0 Å². The Morgan fingerprint density at radius 3 is 3.00 bits per heavy atom. The fraction of sp³-hybridized carbons (Fsp3) is 0.364. The standard InChI is InChI=1S/C11H13N3O2/c12-7-3-10-9(14-11(15)5-16-10)4-8(7)13-6-1-2-6/h3-4,6,13H,1-2,5,12H2,(H,14,15). The van der Waals surface area contributed by atoms with Gasteiger partial charge in [-0.25, -0.2) is 0 Å². The third kappa shape index (κ3) is 1.64. The van der Waals surface area contributed by atoms with Crippen LogP contribution in [-0.4, -0.2) is 18.6 Å². The molecule has 1 aliphatic carbocycles. The molecule has 16 heavy (non-hydrogen) atoms. The van der Waals surface area contributed by atoms with Gasteiger partial charge in [0.05, 0.1) is 17.1 Å². The van der Waals surface area contributed by atoms with E-state index in [-0.39, 0.29) is 12.5 Å². The maximum atomic E-state index is 11.2. The highest BCUT2D eigenvalue weighted by Gasteiger charge is 2.23. The molecule has 1 aromatic rings. The normalized spacial score (nSPS) is 18.4. The molecule has 0 spiro atoms. The van der Waals surface area contributed by atoms with Gasteiger partial charge in [-0.3, -0.25) is 4.79 Å². The largest absolute Gasteiger partial charge is 0.482 e. The number of hydrogen-bond donors (Lipinski definition) is 3. The van der Waals surface area contributed by atoms with E-state index in [1.165, 1.54) is 12.8 Å². The number of rotatable bonds is 2. The monoisotopic (exact) mass is 219 g/mol. The van der Waals surface area contributed by atoms with E-state index in [9.17, 15) is 4.79 Å². The van der Waals surface area contributed by atoms with Crippen LogP contribution >= 0.6 is 0 Å². The molecule has 84 valence electrons. The first-order valence-electron chi connectivity index (χ1n) is 5.35. The lowest BCUT2D eigenvalue weighted by Gasteiger charge is -2.20. The fourth-order valence-electron chi connectivity index (χ4n) is 1.71. The zero-order valence-corrected chi connectivity index (χ0v) is 8.75. The van der Waals surface area contributed by atoms with Crippen molar-refractivity contribution in [2.24, 2.45) is 0 Å². The Labute approximate surface area is 93.0 Å². The fourth-order valence-corrected chi connectivity index (χ4v) is 1.71. The first kappa shape index (κ1) is 9.33. The SMILES string of the molecule is Nc1cc2c(cc1NC1CC1)NC(=O)CO2. The Hall–Kier alpha value is -1.91. The number of benzene rings is 1. The third-order valence-electron chi connectivity index (χ3n) is 2.72. The highest BCUT2D eigenvalue weighted by atomic mass is 16.5. The molecular formula is C11H13N3O2. The molecule has 1 aromatic carbocycles. The van der Waals surface area contributed by atoms with Crippen molar-refractivity contribution in [3.8, 4) is 5.75 Å². The number of carbonyl (C=O) groups is 1. The summed E-state index contributed by atoms with van der Waals surface area (Å²) < 4.78 is 5.27. The molecule has 2 aliphatic rings. The number of nitrogens with two attached hydrogens (primary N) is 1. The number of anilines is 3. The van der Waals surface area contributed by atoms with Gasteiger partial charge in [0.25, 0.3) is 5.91 Å². The Morgan fingerprint density at radius 2 is 2.25 bits per heavy atom. The predicted octanol–water partition coefficient (Wildman–Crippen LogP) is 1.17. The first-order valence-corrected chi connectivity index (χ1v) is 5.35. The van der Waals surface area contributed by atoms with Crippen LogP contribution in [0.15, 0.2) is 12.1 Å². The predicted molar refractivity (Wildman–Crippen MR) is 61.6 cm³/mol. The second-order valence-electron chi connectivity index (χ2n) is 4.19. The molecule has 0 bridgehead atoms. The van der Waals surface area contributed by atoms with Crippen molar-refractivity contribution in [2.75, 3.05) is 23.0 Å². The van der Waals surface area contributed by atoms with Crippen LogP contribution in [0.3, 0.4) is 0 Å². The van der Waals surface area contributed by atoms with Crippen LogP contribution in [0.5, 0.6) is 5.75 Å². The number of hydrogen-bond acceptors (Lipinski definition) is 4. The van der Waals surface area contributed by atoms with E-state index in [0.717, 1.165) is 5.69 Å². The summed E-state index contributed by atoms with van der Waals surface area (Å²) in [6, 6.07) is 4.11. The summed E-state index contributed by atoms with van der Waals surface area (Å²) in [6.45, 7) is 0.0574. The van der Waals surface area contributed by atoms with Crippen LogP contribution in [0.2, 0.25) is 0 Å². The minimum Gasteiger partial charge on any atom is -0.482 e. The smallest absolute Gasteiger partial charge is 0.262 e. The van der Waals surface area contributed by atoms with Crippen molar-refractivity contribution in [1.29, 1.82) is 0 Å². The number of fused-ring (bicyclic) bond motifs is 1. The number of nitrogens with one attached hydrogen (secondary N) is 2. The Morgan fingerprint density at radius 1 is 1.44 bits per heavy atom. The lowest BCUT2D eigenvalue weighted by molar-refractivity contribution is -0.118. The van der Waals surface area contributed by atoms with Crippen molar-refractivity contribution in [2.45, 2.75) is 18.9 Å². The summed E-state index contributed by atoms with van der Waals surface area (Å²) in [6.07, 6.45) is 2.36. The summed E-state index contributed by atoms with van der Waals surface area (Å²) in [7, 11) is 0. The van der Waals surface area contributed by atoms with Crippen molar-refractivity contribution in [3.05, 3.63) is 12.1 Å². The van der Waals surface area contributed by atoms with Crippen molar-refractivity contribution >= 4 is 23.0 Å². The summed E-state index contributed by atoms with van der Waals surface area (Å²) >= 11 is 0. The van der Waals surface area contributed by atoms with Gasteiger partial charge in [-0.15, -0.1) is 0 Å². The quantitative estimate of drug-likeness (QED) is 0.653. The van der Waals surface area contributed by atoms with Gasteiger partial charge in [0, 0.05) is 12.1 Å². The molecular weight excluding hydrogens is 206 g/mol. The highest BCUT2D eigenvalue weighted by molar-refractivity contribution is 5.97. The van der Waals surface area contributed by atoms with Gasteiger partial charge in [0.15, 0.2) is 6.61 Å². The number of ether oxygens (including phenoxy) is 1. The highest BCUT2D eigenvalue weighted by Crippen LogP contribution is 2.37. The average Bonchev–Trinajstić information content (AvgIpc) is 3.04. The van der Waals surface area contributed by atoms with Gasteiger partial charge in [-0.05, 0) is 18.9 Å². The Kier molecular flexibility index (Phi) is 1.92. The van der Waals surface area contributed by atoms with E-state index in [1.54, 1.807) is 6.07 Å². The molecule has 0 unspecified atom stereocenters. The minimum absolute atomic E-state index is 0.0574. The van der Waals surface area contributed by atoms with Gasteiger partial charge >= 0.3 is 0 Å². The van der Waals surface area contributed by atoms with Gasteiger partial charge in [-0.2, -0.15) is 0 Å². The Bertz CT molecular complexity index is 455. The van der Waals surface area contributed by atoms with Gasteiger partial charge in [-0.1, -0.05) is 0 Å². The summed E-state index contributed by atoms with van der Waals surface area (Å²) in [5.74, 6) is 0.507. The number of carbonyl (C=O) groups excluding carboxylic acids is 1. The molecule has 5 heteroatoms. The lowest BCUT2D eigenvalue weighted by Crippen LogP contribution is -2.25. The molecule has 1 amide bonds. The second kappa shape index (κ2) is 3.30. The molecule has 3 rings (SSSR count). The summed E-state index contributed by atoms with van der Waals surface area (Å²) in [5, 5.41) is 6.08. The molecule has 1 aliphatic heterocycles. The van der Waals surface area contributed by atoms with Crippen LogP contribution in [-0.2, 0) is 4.79 Å². The lowest BCUT2D eigenvalue weighted by atomic mass is 10.2.